The van der Waals surface area contributed by atoms with Crippen molar-refractivity contribution in [3.05, 3.63) is 65.2 Å². The summed E-state index contributed by atoms with van der Waals surface area (Å²) in [6, 6.07) is 15.8. The fraction of sp³-hybridized carbons (Fsp3) is 0.500. The van der Waals surface area contributed by atoms with Gasteiger partial charge in [-0.1, -0.05) is 55.7 Å². The van der Waals surface area contributed by atoms with Crippen LogP contribution >= 0.6 is 11.8 Å². The molecule has 1 saturated carbocycles. The largest absolute Gasteiger partial charge is 0.379 e. The van der Waals surface area contributed by atoms with Crippen LogP contribution in [0, 0.1) is 5.92 Å². The van der Waals surface area contributed by atoms with E-state index < -0.39 is 0 Å². The van der Waals surface area contributed by atoms with Gasteiger partial charge >= 0.3 is 0 Å². The Balaban J connectivity index is 1.29. The molecule has 6 nitrogen and oxygen atoms in total. The van der Waals surface area contributed by atoms with Crippen LogP contribution in [-0.2, 0) is 22.6 Å². The summed E-state index contributed by atoms with van der Waals surface area (Å²) in [7, 11) is 0. The average molecular weight is 496 g/mol. The number of carbonyl (C=O) groups is 2. The Morgan fingerprint density at radius 2 is 1.63 bits per heavy atom. The van der Waals surface area contributed by atoms with Crippen molar-refractivity contribution in [2.24, 2.45) is 5.92 Å². The van der Waals surface area contributed by atoms with Gasteiger partial charge in [0.25, 0.3) is 5.91 Å². The highest BCUT2D eigenvalue weighted by atomic mass is 32.2. The van der Waals surface area contributed by atoms with E-state index in [0.717, 1.165) is 49.9 Å². The molecule has 0 unspecified atom stereocenters. The molecule has 7 heteroatoms. The van der Waals surface area contributed by atoms with Crippen molar-refractivity contribution in [2.45, 2.75) is 50.1 Å². The molecule has 1 heterocycles. The molecule has 35 heavy (non-hydrogen) atoms. The third kappa shape index (κ3) is 8.09. The van der Waals surface area contributed by atoms with Gasteiger partial charge in [-0.25, -0.2) is 0 Å². The van der Waals surface area contributed by atoms with Crippen molar-refractivity contribution in [2.75, 3.05) is 38.6 Å². The summed E-state index contributed by atoms with van der Waals surface area (Å²) in [6.45, 7) is 5.50. The van der Waals surface area contributed by atoms with E-state index in [1.807, 2.05) is 36.4 Å². The SMILES string of the molecule is O=C(CSc1ccccc1C(=O)NCc1ccccc1CN1CCOCC1)NCC1CCCCC1. The smallest absolute Gasteiger partial charge is 0.252 e. The van der Waals surface area contributed by atoms with E-state index in [-0.39, 0.29) is 11.8 Å². The molecule has 2 aromatic rings. The van der Waals surface area contributed by atoms with Crippen LogP contribution in [0.15, 0.2) is 53.4 Å². The maximum absolute atomic E-state index is 13.1. The van der Waals surface area contributed by atoms with Gasteiger partial charge in [-0.2, -0.15) is 0 Å². The topological polar surface area (TPSA) is 70.7 Å². The van der Waals surface area contributed by atoms with Crippen LogP contribution in [0.2, 0.25) is 0 Å². The Labute approximate surface area is 213 Å². The van der Waals surface area contributed by atoms with Gasteiger partial charge in [-0.15, -0.1) is 11.8 Å². The van der Waals surface area contributed by atoms with Gasteiger partial charge < -0.3 is 15.4 Å². The molecule has 1 aliphatic heterocycles. The molecule has 0 bridgehead atoms. The van der Waals surface area contributed by atoms with Crippen molar-refractivity contribution in [1.29, 1.82) is 0 Å². The maximum Gasteiger partial charge on any atom is 0.252 e. The summed E-state index contributed by atoms with van der Waals surface area (Å²) in [5.74, 6) is 0.853. The van der Waals surface area contributed by atoms with Crippen LogP contribution in [0.25, 0.3) is 0 Å². The summed E-state index contributed by atoms with van der Waals surface area (Å²) in [4.78, 5) is 28.7. The highest BCUT2D eigenvalue weighted by Crippen LogP contribution is 2.24. The first-order chi connectivity index (χ1) is 17.2. The summed E-state index contributed by atoms with van der Waals surface area (Å²) >= 11 is 1.43. The van der Waals surface area contributed by atoms with Gasteiger partial charge in [-0.3, -0.25) is 14.5 Å². The second kappa shape index (κ2) is 13.7. The molecule has 0 aromatic heterocycles. The number of nitrogens with zero attached hydrogens (tertiary/aromatic N) is 1. The fourth-order valence-electron chi connectivity index (χ4n) is 4.78. The molecule has 1 aliphatic carbocycles. The lowest BCUT2D eigenvalue weighted by atomic mass is 9.89. The van der Waals surface area contributed by atoms with E-state index in [0.29, 0.717) is 23.8 Å². The highest BCUT2D eigenvalue weighted by molar-refractivity contribution is 8.00. The molecular formula is C28H37N3O3S. The van der Waals surface area contributed by atoms with Crippen LogP contribution in [0.4, 0.5) is 0 Å². The van der Waals surface area contributed by atoms with Gasteiger partial charge in [0, 0.05) is 37.6 Å². The maximum atomic E-state index is 13.1. The molecule has 0 atom stereocenters. The van der Waals surface area contributed by atoms with E-state index in [2.05, 4.69) is 27.7 Å². The van der Waals surface area contributed by atoms with E-state index in [9.17, 15) is 9.59 Å². The van der Waals surface area contributed by atoms with Crippen LogP contribution < -0.4 is 10.6 Å². The molecule has 2 N–H and O–H groups in total. The lowest BCUT2D eigenvalue weighted by molar-refractivity contribution is -0.118. The zero-order valence-electron chi connectivity index (χ0n) is 20.5. The molecule has 2 aliphatic rings. The van der Waals surface area contributed by atoms with Gasteiger partial charge in [0.2, 0.25) is 5.91 Å². The highest BCUT2D eigenvalue weighted by Gasteiger charge is 2.17. The molecule has 2 amide bonds. The number of carbonyl (C=O) groups excluding carboxylic acids is 2. The van der Waals surface area contributed by atoms with Gasteiger partial charge in [0.1, 0.15) is 0 Å². The molecular weight excluding hydrogens is 458 g/mol. The van der Waals surface area contributed by atoms with E-state index in [1.165, 1.54) is 49.4 Å². The Hall–Kier alpha value is -2.35. The van der Waals surface area contributed by atoms with Crippen molar-refractivity contribution in [1.82, 2.24) is 15.5 Å². The van der Waals surface area contributed by atoms with Gasteiger partial charge in [0.15, 0.2) is 0 Å². The van der Waals surface area contributed by atoms with Crippen LogP contribution in [0.5, 0.6) is 0 Å². The number of thioether (sulfide) groups is 1. The minimum Gasteiger partial charge on any atom is -0.379 e. The average Bonchev–Trinajstić information content (AvgIpc) is 2.91. The van der Waals surface area contributed by atoms with E-state index in [4.69, 9.17) is 4.74 Å². The number of morpholine rings is 1. The van der Waals surface area contributed by atoms with Gasteiger partial charge in [0.05, 0.1) is 24.5 Å². The number of nitrogens with one attached hydrogen (secondary N) is 2. The van der Waals surface area contributed by atoms with E-state index in [1.54, 1.807) is 0 Å². The van der Waals surface area contributed by atoms with Crippen LogP contribution in [0.3, 0.4) is 0 Å². The lowest BCUT2D eigenvalue weighted by Gasteiger charge is -2.27. The Kier molecular flexibility index (Phi) is 10.0. The molecule has 2 fully saturated rings. The van der Waals surface area contributed by atoms with Crippen molar-refractivity contribution in [3.63, 3.8) is 0 Å². The first-order valence-electron chi connectivity index (χ1n) is 12.8. The van der Waals surface area contributed by atoms with Crippen LogP contribution in [-0.4, -0.2) is 55.3 Å². The normalized spacial score (nSPS) is 17.1. The number of benzene rings is 2. The standard InChI is InChI=1S/C28H37N3O3S/c32-27(29-18-22-8-2-1-3-9-22)21-35-26-13-7-6-12-25(26)28(33)30-19-23-10-4-5-11-24(23)20-31-14-16-34-17-15-31/h4-7,10-13,22H,1-3,8-9,14-21H2,(H,29,32)(H,30,33). The zero-order chi connectivity index (χ0) is 24.3. The van der Waals surface area contributed by atoms with Gasteiger partial charge in [-0.05, 0) is 42.0 Å². The Bertz CT molecular complexity index is 971. The molecule has 188 valence electrons. The summed E-state index contributed by atoms with van der Waals surface area (Å²) in [5.41, 5.74) is 2.97. The predicted molar refractivity (Wildman–Crippen MR) is 140 cm³/mol. The van der Waals surface area contributed by atoms with Crippen molar-refractivity contribution >= 4 is 23.6 Å². The molecule has 0 radical (unpaired) electrons. The molecule has 2 aromatic carbocycles. The second-order valence-electron chi connectivity index (χ2n) is 9.43. The quantitative estimate of drug-likeness (QED) is 0.483. The summed E-state index contributed by atoms with van der Waals surface area (Å²) in [6.07, 6.45) is 6.29. The molecule has 0 spiro atoms. The zero-order valence-corrected chi connectivity index (χ0v) is 21.3. The van der Waals surface area contributed by atoms with Crippen molar-refractivity contribution in [3.8, 4) is 0 Å². The fourth-order valence-corrected chi connectivity index (χ4v) is 5.66. The summed E-state index contributed by atoms with van der Waals surface area (Å²) < 4.78 is 5.46. The number of hydrogen-bond donors (Lipinski definition) is 2. The number of amides is 2. The van der Waals surface area contributed by atoms with Crippen LogP contribution in [0.1, 0.15) is 53.6 Å². The third-order valence-electron chi connectivity index (χ3n) is 6.86. The van der Waals surface area contributed by atoms with E-state index >= 15 is 0 Å². The summed E-state index contributed by atoms with van der Waals surface area (Å²) in [5, 5.41) is 6.18. The molecule has 4 rings (SSSR count). The minimum absolute atomic E-state index is 0.0350. The second-order valence-corrected chi connectivity index (χ2v) is 10.5. The number of hydrogen-bond acceptors (Lipinski definition) is 5. The monoisotopic (exact) mass is 495 g/mol. The molecule has 1 saturated heterocycles. The Morgan fingerprint density at radius 1 is 0.914 bits per heavy atom. The number of ether oxygens (including phenoxy) is 1. The third-order valence-corrected chi connectivity index (χ3v) is 7.93. The van der Waals surface area contributed by atoms with Crippen molar-refractivity contribution < 1.29 is 14.3 Å². The first kappa shape index (κ1) is 25.7. The lowest BCUT2D eigenvalue weighted by Crippen LogP contribution is -2.36. The number of rotatable bonds is 10. The minimum atomic E-state index is -0.114. The first-order valence-corrected chi connectivity index (χ1v) is 13.8. The Morgan fingerprint density at radius 3 is 2.43 bits per heavy atom. The predicted octanol–water partition coefficient (Wildman–Crippen LogP) is 4.24.